The van der Waals surface area contributed by atoms with E-state index in [9.17, 15) is 0 Å². The first-order chi connectivity index (χ1) is 4.66. The Labute approximate surface area is 73.5 Å². The van der Waals surface area contributed by atoms with Gasteiger partial charge in [0.15, 0.2) is 0 Å². The summed E-state index contributed by atoms with van der Waals surface area (Å²) in [5, 5.41) is 1.16. The highest BCUT2D eigenvalue weighted by Gasteiger charge is 2.03. The topological polar surface area (TPSA) is 0 Å². The summed E-state index contributed by atoms with van der Waals surface area (Å²) in [5.41, 5.74) is 0. The molecule has 1 atom stereocenters. The lowest BCUT2D eigenvalue weighted by molar-refractivity contribution is 0.413. The summed E-state index contributed by atoms with van der Waals surface area (Å²) in [7, 11) is 0. The molecular formula is C9H19Br. The van der Waals surface area contributed by atoms with Crippen LogP contribution in [0.4, 0.5) is 0 Å². The van der Waals surface area contributed by atoms with Crippen LogP contribution in [0.5, 0.6) is 0 Å². The zero-order valence-electron chi connectivity index (χ0n) is 7.36. The van der Waals surface area contributed by atoms with Crippen molar-refractivity contribution >= 4 is 15.9 Å². The molecule has 0 saturated heterocycles. The average Bonchev–Trinajstić information content (AvgIpc) is 1.82. The third-order valence-electron chi connectivity index (χ3n) is 1.70. The Morgan fingerprint density at radius 2 is 1.80 bits per heavy atom. The summed E-state index contributed by atoms with van der Waals surface area (Å²) in [5.74, 6) is 1.78. The molecule has 0 nitrogen and oxygen atoms in total. The lowest BCUT2D eigenvalue weighted by Crippen LogP contribution is -1.99. The van der Waals surface area contributed by atoms with Crippen LogP contribution in [0.3, 0.4) is 0 Å². The van der Waals surface area contributed by atoms with Gasteiger partial charge in [-0.1, -0.05) is 36.7 Å². The zero-order valence-corrected chi connectivity index (χ0v) is 8.95. The standard InChI is InChI=1S/C9H19Br/c1-8(2)7-9(3)5-4-6-10/h8-9H,4-7H2,1-3H3. The van der Waals surface area contributed by atoms with E-state index in [0.717, 1.165) is 17.2 Å². The molecule has 0 N–H and O–H groups in total. The molecular weight excluding hydrogens is 188 g/mol. The van der Waals surface area contributed by atoms with Crippen molar-refractivity contribution in [3.63, 3.8) is 0 Å². The monoisotopic (exact) mass is 206 g/mol. The van der Waals surface area contributed by atoms with Crippen molar-refractivity contribution in [2.24, 2.45) is 11.8 Å². The largest absolute Gasteiger partial charge is 0.0928 e. The van der Waals surface area contributed by atoms with Crippen LogP contribution >= 0.6 is 15.9 Å². The number of halogens is 1. The molecule has 0 heterocycles. The highest BCUT2D eigenvalue weighted by atomic mass is 79.9. The molecule has 0 amide bonds. The predicted octanol–water partition coefficient (Wildman–Crippen LogP) is 3.84. The predicted molar refractivity (Wildman–Crippen MR) is 51.6 cm³/mol. The second-order valence-electron chi connectivity index (χ2n) is 3.57. The Hall–Kier alpha value is 0.480. The van der Waals surface area contributed by atoms with E-state index >= 15 is 0 Å². The first-order valence-electron chi connectivity index (χ1n) is 4.22. The lowest BCUT2D eigenvalue weighted by atomic mass is 9.95. The molecule has 0 aromatic heterocycles. The summed E-state index contributed by atoms with van der Waals surface area (Å²) in [4.78, 5) is 0. The molecule has 0 aromatic carbocycles. The molecule has 0 spiro atoms. The van der Waals surface area contributed by atoms with Gasteiger partial charge in [-0.25, -0.2) is 0 Å². The van der Waals surface area contributed by atoms with E-state index in [-0.39, 0.29) is 0 Å². The number of rotatable bonds is 5. The van der Waals surface area contributed by atoms with Crippen LogP contribution in [-0.4, -0.2) is 5.33 Å². The van der Waals surface area contributed by atoms with Crippen LogP contribution in [0.15, 0.2) is 0 Å². The minimum absolute atomic E-state index is 0.866. The summed E-state index contributed by atoms with van der Waals surface area (Å²) in [6.07, 6.45) is 4.09. The Morgan fingerprint density at radius 1 is 1.20 bits per heavy atom. The summed E-state index contributed by atoms with van der Waals surface area (Å²) in [6.45, 7) is 6.94. The molecule has 1 heteroatoms. The van der Waals surface area contributed by atoms with Crippen molar-refractivity contribution in [3.05, 3.63) is 0 Å². The Bertz CT molecular complexity index is 69.1. The van der Waals surface area contributed by atoms with E-state index < -0.39 is 0 Å². The van der Waals surface area contributed by atoms with E-state index in [4.69, 9.17) is 0 Å². The molecule has 0 rings (SSSR count). The first kappa shape index (κ1) is 10.5. The van der Waals surface area contributed by atoms with Crippen molar-refractivity contribution < 1.29 is 0 Å². The van der Waals surface area contributed by atoms with Crippen molar-refractivity contribution in [2.75, 3.05) is 5.33 Å². The summed E-state index contributed by atoms with van der Waals surface area (Å²) >= 11 is 3.44. The van der Waals surface area contributed by atoms with Gasteiger partial charge in [-0.2, -0.15) is 0 Å². The van der Waals surface area contributed by atoms with Crippen molar-refractivity contribution in [2.45, 2.75) is 40.0 Å². The molecule has 0 aliphatic rings. The lowest BCUT2D eigenvalue weighted by Gasteiger charge is -2.12. The van der Waals surface area contributed by atoms with Crippen molar-refractivity contribution in [1.82, 2.24) is 0 Å². The van der Waals surface area contributed by atoms with Gasteiger partial charge in [-0.15, -0.1) is 0 Å². The summed E-state index contributed by atoms with van der Waals surface area (Å²) < 4.78 is 0. The Balaban J connectivity index is 3.16. The van der Waals surface area contributed by atoms with Gasteiger partial charge in [-0.3, -0.25) is 0 Å². The van der Waals surface area contributed by atoms with Gasteiger partial charge in [-0.05, 0) is 31.1 Å². The smallest absolute Gasteiger partial charge is 0.00314 e. The van der Waals surface area contributed by atoms with Crippen LogP contribution in [-0.2, 0) is 0 Å². The van der Waals surface area contributed by atoms with Gasteiger partial charge in [0.05, 0.1) is 0 Å². The number of hydrogen-bond donors (Lipinski definition) is 0. The highest BCUT2D eigenvalue weighted by molar-refractivity contribution is 9.09. The van der Waals surface area contributed by atoms with Gasteiger partial charge < -0.3 is 0 Å². The van der Waals surface area contributed by atoms with Crippen LogP contribution in [0.2, 0.25) is 0 Å². The molecule has 0 aromatic rings. The van der Waals surface area contributed by atoms with Gasteiger partial charge in [0, 0.05) is 5.33 Å². The zero-order chi connectivity index (χ0) is 7.98. The second-order valence-corrected chi connectivity index (χ2v) is 4.36. The van der Waals surface area contributed by atoms with Crippen molar-refractivity contribution in [1.29, 1.82) is 0 Å². The Morgan fingerprint density at radius 3 is 2.20 bits per heavy atom. The maximum Gasteiger partial charge on any atom is 0.00314 e. The van der Waals surface area contributed by atoms with Crippen LogP contribution in [0.25, 0.3) is 0 Å². The van der Waals surface area contributed by atoms with E-state index in [1.165, 1.54) is 19.3 Å². The summed E-state index contributed by atoms with van der Waals surface area (Å²) in [6, 6.07) is 0. The normalized spacial score (nSPS) is 14.1. The molecule has 10 heavy (non-hydrogen) atoms. The second kappa shape index (κ2) is 6.21. The molecule has 0 saturated carbocycles. The minimum atomic E-state index is 0.866. The number of alkyl halides is 1. The van der Waals surface area contributed by atoms with Crippen LogP contribution in [0, 0.1) is 11.8 Å². The van der Waals surface area contributed by atoms with Crippen LogP contribution in [0.1, 0.15) is 40.0 Å². The molecule has 0 aliphatic heterocycles. The first-order valence-corrected chi connectivity index (χ1v) is 5.35. The van der Waals surface area contributed by atoms with Crippen molar-refractivity contribution in [3.8, 4) is 0 Å². The molecule has 0 bridgehead atoms. The Kier molecular flexibility index (Phi) is 6.50. The molecule has 0 fully saturated rings. The van der Waals surface area contributed by atoms with Crippen LogP contribution < -0.4 is 0 Å². The van der Waals surface area contributed by atoms with Gasteiger partial charge in [0.1, 0.15) is 0 Å². The fourth-order valence-corrected chi connectivity index (χ4v) is 1.67. The maximum atomic E-state index is 3.44. The quantitative estimate of drug-likeness (QED) is 0.601. The third kappa shape index (κ3) is 6.60. The van der Waals surface area contributed by atoms with E-state index in [2.05, 4.69) is 36.7 Å². The molecule has 0 radical (unpaired) electrons. The third-order valence-corrected chi connectivity index (χ3v) is 2.27. The minimum Gasteiger partial charge on any atom is -0.0928 e. The van der Waals surface area contributed by atoms with Gasteiger partial charge >= 0.3 is 0 Å². The van der Waals surface area contributed by atoms with E-state index in [1.54, 1.807) is 0 Å². The SMILES string of the molecule is CC(C)CC(C)CCCBr. The highest BCUT2D eigenvalue weighted by Crippen LogP contribution is 2.16. The average molecular weight is 207 g/mol. The number of hydrogen-bond acceptors (Lipinski definition) is 0. The van der Waals surface area contributed by atoms with E-state index in [0.29, 0.717) is 0 Å². The molecule has 0 aliphatic carbocycles. The fraction of sp³-hybridized carbons (Fsp3) is 1.00. The molecule has 62 valence electrons. The fourth-order valence-electron chi connectivity index (χ4n) is 1.35. The molecule has 1 unspecified atom stereocenters. The van der Waals surface area contributed by atoms with Gasteiger partial charge in [0.2, 0.25) is 0 Å². The van der Waals surface area contributed by atoms with Gasteiger partial charge in [0.25, 0.3) is 0 Å². The van der Waals surface area contributed by atoms with E-state index in [1.807, 2.05) is 0 Å². The maximum absolute atomic E-state index is 3.44.